The molecule has 0 unspecified atom stereocenters. The van der Waals surface area contributed by atoms with E-state index in [1.807, 2.05) is 13.8 Å². The van der Waals surface area contributed by atoms with Crippen molar-refractivity contribution in [2.45, 2.75) is 78.1 Å². The van der Waals surface area contributed by atoms with Crippen LogP contribution in [-0.2, 0) is 35.4 Å². The van der Waals surface area contributed by atoms with E-state index in [9.17, 15) is 0 Å². The Kier molecular flexibility index (Phi) is 7.87. The second-order valence-corrected chi connectivity index (χ2v) is 8.86. The van der Waals surface area contributed by atoms with Gasteiger partial charge in [-0.3, -0.25) is 0 Å². The zero-order chi connectivity index (χ0) is 23.9. The highest BCUT2D eigenvalue weighted by Gasteiger charge is 2.18. The first kappa shape index (κ1) is 23.8. The molecular weight excluding hydrogens is 432 g/mol. The summed E-state index contributed by atoms with van der Waals surface area (Å²) in [6.07, 6.45) is 10.1. The molecule has 0 atom stereocenters. The van der Waals surface area contributed by atoms with Crippen LogP contribution in [-0.4, -0.2) is 44.8 Å². The summed E-state index contributed by atoms with van der Waals surface area (Å²) in [6, 6.07) is 0. The van der Waals surface area contributed by atoms with Crippen molar-refractivity contribution in [2.75, 3.05) is 13.2 Å². The average Bonchev–Trinajstić information content (AvgIpc) is 2.85. The molecule has 0 fully saturated rings. The summed E-state index contributed by atoms with van der Waals surface area (Å²) in [4.78, 5) is 28.8. The lowest BCUT2D eigenvalue weighted by molar-refractivity contribution is 0.111. The summed E-state index contributed by atoms with van der Waals surface area (Å²) in [7, 11) is 0. The van der Waals surface area contributed by atoms with Gasteiger partial charge < -0.3 is 21.1 Å². The van der Waals surface area contributed by atoms with E-state index < -0.39 is 0 Å². The number of hydrogen-bond acceptors (Lipinski definition) is 8. The van der Waals surface area contributed by atoms with Crippen molar-refractivity contribution >= 4 is 11.7 Å². The zero-order valence-electron chi connectivity index (χ0n) is 20.1. The van der Waals surface area contributed by atoms with Crippen LogP contribution in [0.2, 0.25) is 0 Å². The second kappa shape index (κ2) is 11.2. The molecular formula is C24H34N8O2. The van der Waals surface area contributed by atoms with Crippen LogP contribution >= 0.6 is 0 Å². The largest absolute Gasteiger partial charge is 0.394 e. The van der Waals surface area contributed by atoms with Gasteiger partial charge in [0.15, 0.2) is 11.6 Å². The van der Waals surface area contributed by atoms with E-state index in [1.165, 1.54) is 24.0 Å². The Morgan fingerprint density at radius 3 is 1.53 bits per heavy atom. The monoisotopic (exact) mass is 466 g/mol. The molecule has 4 rings (SSSR count). The minimum absolute atomic E-state index is 0.199. The van der Waals surface area contributed by atoms with Crippen molar-refractivity contribution in [3.05, 3.63) is 45.6 Å². The molecule has 0 aromatic carbocycles. The minimum atomic E-state index is 0.199. The molecule has 0 bridgehead atoms. The third-order valence-corrected chi connectivity index (χ3v) is 6.29. The molecule has 182 valence electrons. The Hall–Kier alpha value is -3.30. The van der Waals surface area contributed by atoms with E-state index in [2.05, 4.69) is 30.2 Å². The van der Waals surface area contributed by atoms with Crippen molar-refractivity contribution in [2.24, 2.45) is 21.8 Å². The standard InChI is InChI=1S/C24H34N8O2/c1-15-17-9-3-5-11-19(17)29-23(27-15)21(25)31-33-13-7-8-14-34-32-22(26)24-28-16(2)18-10-4-6-12-20(18)30-24/h3-14H2,1-2H3,(H2,25,31)(H2,26,32). The van der Waals surface area contributed by atoms with Gasteiger partial charge in [-0.25, -0.2) is 19.9 Å². The molecule has 0 saturated heterocycles. The first-order chi connectivity index (χ1) is 16.5. The molecule has 0 amide bonds. The SMILES string of the molecule is Cc1nc(/C(N)=N/OCCCCO/N=C(\N)c2nc(C)c3c(n2)CCCC3)nc2c1CCCC2. The normalized spacial score (nSPS) is 16.1. The summed E-state index contributed by atoms with van der Waals surface area (Å²) in [5.41, 5.74) is 18.7. The molecule has 2 aliphatic rings. The van der Waals surface area contributed by atoms with Crippen LogP contribution in [0, 0.1) is 13.8 Å². The lowest BCUT2D eigenvalue weighted by Gasteiger charge is -2.17. The number of aromatic nitrogens is 4. The van der Waals surface area contributed by atoms with Crippen molar-refractivity contribution < 1.29 is 9.68 Å². The Labute approximate surface area is 200 Å². The highest BCUT2D eigenvalue weighted by molar-refractivity contribution is 5.94. The van der Waals surface area contributed by atoms with E-state index in [-0.39, 0.29) is 11.7 Å². The highest BCUT2D eigenvalue weighted by atomic mass is 16.6. The average molecular weight is 467 g/mol. The molecule has 4 N–H and O–H groups in total. The van der Waals surface area contributed by atoms with E-state index >= 15 is 0 Å². The maximum absolute atomic E-state index is 6.03. The Morgan fingerprint density at radius 1 is 0.676 bits per heavy atom. The van der Waals surface area contributed by atoms with Gasteiger partial charge in [0, 0.05) is 22.8 Å². The molecule has 0 spiro atoms. The maximum atomic E-state index is 6.03. The lowest BCUT2D eigenvalue weighted by Crippen LogP contribution is -2.22. The van der Waals surface area contributed by atoms with Crippen molar-refractivity contribution in [1.29, 1.82) is 0 Å². The predicted octanol–water partition coefficient (Wildman–Crippen LogP) is 2.40. The minimum Gasteiger partial charge on any atom is -0.394 e. The molecule has 2 aromatic heterocycles. The molecule has 34 heavy (non-hydrogen) atoms. The van der Waals surface area contributed by atoms with E-state index in [0.29, 0.717) is 24.9 Å². The topological polar surface area (TPSA) is 147 Å². The summed E-state index contributed by atoms with van der Waals surface area (Å²) < 4.78 is 0. The fourth-order valence-corrected chi connectivity index (χ4v) is 4.44. The van der Waals surface area contributed by atoms with E-state index in [1.54, 1.807) is 0 Å². The van der Waals surface area contributed by atoms with Gasteiger partial charge in [0.25, 0.3) is 0 Å². The van der Waals surface area contributed by atoms with Gasteiger partial charge in [0.2, 0.25) is 11.7 Å². The molecule has 0 radical (unpaired) electrons. The van der Waals surface area contributed by atoms with Crippen molar-refractivity contribution in [3.63, 3.8) is 0 Å². The Balaban J connectivity index is 1.19. The van der Waals surface area contributed by atoms with Crippen LogP contribution < -0.4 is 11.5 Å². The van der Waals surface area contributed by atoms with Gasteiger partial charge in [-0.1, -0.05) is 10.3 Å². The molecule has 0 saturated carbocycles. The maximum Gasteiger partial charge on any atom is 0.208 e. The number of nitrogens with zero attached hydrogens (tertiary/aromatic N) is 6. The van der Waals surface area contributed by atoms with Crippen LogP contribution in [0.5, 0.6) is 0 Å². The summed E-state index contributed by atoms with van der Waals surface area (Å²) in [5.74, 6) is 1.27. The van der Waals surface area contributed by atoms with Crippen molar-refractivity contribution in [1.82, 2.24) is 19.9 Å². The summed E-state index contributed by atoms with van der Waals surface area (Å²) >= 11 is 0. The number of oxime groups is 2. The van der Waals surface area contributed by atoms with Crippen molar-refractivity contribution in [3.8, 4) is 0 Å². The number of unbranched alkanes of at least 4 members (excludes halogenated alkanes) is 1. The first-order valence-electron chi connectivity index (χ1n) is 12.2. The van der Waals surface area contributed by atoms with Crippen LogP contribution in [0.4, 0.5) is 0 Å². The van der Waals surface area contributed by atoms with Gasteiger partial charge in [0.05, 0.1) is 0 Å². The number of amidine groups is 2. The first-order valence-corrected chi connectivity index (χ1v) is 12.2. The lowest BCUT2D eigenvalue weighted by atomic mass is 9.95. The van der Waals surface area contributed by atoms with Gasteiger partial charge in [-0.15, -0.1) is 0 Å². The van der Waals surface area contributed by atoms with Crippen LogP contribution in [0.25, 0.3) is 0 Å². The van der Waals surface area contributed by atoms with Gasteiger partial charge in [-0.2, -0.15) is 0 Å². The van der Waals surface area contributed by atoms with Crippen LogP contribution in [0.15, 0.2) is 10.3 Å². The van der Waals surface area contributed by atoms with E-state index in [0.717, 1.165) is 74.1 Å². The van der Waals surface area contributed by atoms with Gasteiger partial charge in [-0.05, 0) is 89.2 Å². The smallest absolute Gasteiger partial charge is 0.208 e. The predicted molar refractivity (Wildman–Crippen MR) is 129 cm³/mol. The van der Waals surface area contributed by atoms with E-state index in [4.69, 9.17) is 21.1 Å². The third kappa shape index (κ3) is 5.78. The molecule has 2 aliphatic carbocycles. The third-order valence-electron chi connectivity index (χ3n) is 6.29. The number of aryl methyl sites for hydroxylation is 4. The van der Waals surface area contributed by atoms with Crippen LogP contribution in [0.3, 0.4) is 0 Å². The molecule has 0 aliphatic heterocycles. The number of nitrogens with two attached hydrogens (primary N) is 2. The zero-order valence-corrected chi connectivity index (χ0v) is 20.1. The number of fused-ring (bicyclic) bond motifs is 2. The quantitative estimate of drug-likeness (QED) is 0.248. The highest BCUT2D eigenvalue weighted by Crippen LogP contribution is 2.22. The second-order valence-electron chi connectivity index (χ2n) is 8.86. The van der Waals surface area contributed by atoms with Gasteiger partial charge >= 0.3 is 0 Å². The Morgan fingerprint density at radius 2 is 1.09 bits per heavy atom. The molecule has 2 aromatic rings. The summed E-state index contributed by atoms with van der Waals surface area (Å²) in [6.45, 7) is 4.80. The fraction of sp³-hybridized carbons (Fsp3) is 0.583. The molecule has 2 heterocycles. The fourth-order valence-electron chi connectivity index (χ4n) is 4.44. The molecule has 10 heteroatoms. The number of rotatable bonds is 9. The summed E-state index contributed by atoms with van der Waals surface area (Å²) in [5, 5.41) is 7.96. The Bertz CT molecular complexity index is 998. The van der Waals surface area contributed by atoms with Gasteiger partial charge in [0.1, 0.15) is 13.2 Å². The number of hydrogen-bond donors (Lipinski definition) is 2. The van der Waals surface area contributed by atoms with Crippen LogP contribution in [0.1, 0.15) is 84.1 Å². The molecule has 10 nitrogen and oxygen atoms in total.